The number of hydrogen-bond acceptors (Lipinski definition) is 7. The van der Waals surface area contributed by atoms with Crippen LogP contribution in [0.4, 0.5) is 0 Å². The smallest absolute Gasteiger partial charge is 0.220 e. The van der Waals surface area contributed by atoms with Gasteiger partial charge in [0.25, 0.3) is 0 Å². The second-order valence-electron chi connectivity index (χ2n) is 9.69. The van der Waals surface area contributed by atoms with Gasteiger partial charge in [0.15, 0.2) is 12.6 Å². The standard InChI is InChI=1S/C28H47N5O4/c1-3-27(30-2)32-37-22-33-18-15-24(16-19-33)21-36-26-10-7-9-23(12-13-26)8-5-4-6-11-28(35)31-25(20-34)14-17-29/h5,7-8,10,12-13,23-26,34H,2-4,6,9,11,14-22,29H2,1H3,(H,31,35)/b8-5+,32-27-. The monoisotopic (exact) mass is 517 g/mol. The number of aliphatic hydroxyl groups excluding tert-OH is 1. The fourth-order valence-corrected chi connectivity index (χ4v) is 4.30. The summed E-state index contributed by atoms with van der Waals surface area (Å²) in [5, 5.41) is 16.1. The number of nitrogens with two attached hydrogens (primary N) is 1. The summed E-state index contributed by atoms with van der Waals surface area (Å²) >= 11 is 0. The van der Waals surface area contributed by atoms with Crippen LogP contribution in [0.5, 0.6) is 0 Å². The highest BCUT2D eigenvalue weighted by molar-refractivity contribution is 5.85. The number of hydrogen-bond donors (Lipinski definition) is 3. The molecule has 1 aliphatic carbocycles. The Morgan fingerprint density at radius 2 is 2.14 bits per heavy atom. The highest BCUT2D eigenvalue weighted by Gasteiger charge is 2.20. The van der Waals surface area contributed by atoms with Crippen LogP contribution in [0, 0.1) is 11.8 Å². The molecule has 3 unspecified atom stereocenters. The van der Waals surface area contributed by atoms with Crippen LogP contribution in [-0.2, 0) is 14.4 Å². The summed E-state index contributed by atoms with van der Waals surface area (Å²) in [6.45, 7) is 9.05. The molecule has 208 valence electrons. The number of ether oxygens (including phenoxy) is 1. The Kier molecular flexibility index (Phi) is 15.7. The molecule has 9 heteroatoms. The zero-order valence-corrected chi connectivity index (χ0v) is 22.5. The van der Waals surface area contributed by atoms with E-state index >= 15 is 0 Å². The van der Waals surface area contributed by atoms with Crippen LogP contribution in [0.3, 0.4) is 0 Å². The van der Waals surface area contributed by atoms with Gasteiger partial charge in [-0.25, -0.2) is 4.99 Å². The maximum absolute atomic E-state index is 12.0. The fourth-order valence-electron chi connectivity index (χ4n) is 4.30. The number of carbonyl (C=O) groups excluding carboxylic acids is 1. The Bertz CT molecular complexity index is 775. The number of nitrogens with zero attached hydrogens (tertiary/aromatic N) is 3. The van der Waals surface area contributed by atoms with Crippen molar-refractivity contribution >= 4 is 18.5 Å². The Morgan fingerprint density at radius 3 is 2.84 bits per heavy atom. The van der Waals surface area contributed by atoms with Gasteiger partial charge < -0.3 is 25.7 Å². The number of carbonyl (C=O) groups is 1. The largest absolute Gasteiger partial charge is 0.394 e. The Balaban J connectivity index is 1.60. The first-order valence-corrected chi connectivity index (χ1v) is 13.7. The summed E-state index contributed by atoms with van der Waals surface area (Å²) < 4.78 is 6.20. The van der Waals surface area contributed by atoms with Crippen LogP contribution < -0.4 is 11.1 Å². The summed E-state index contributed by atoms with van der Waals surface area (Å²) in [6.07, 6.45) is 19.6. The van der Waals surface area contributed by atoms with E-state index in [1.807, 2.05) is 6.92 Å². The first-order valence-electron chi connectivity index (χ1n) is 13.7. The third-order valence-electron chi connectivity index (χ3n) is 6.68. The number of oxime groups is 1. The molecule has 0 spiro atoms. The highest BCUT2D eigenvalue weighted by Crippen LogP contribution is 2.20. The lowest BCUT2D eigenvalue weighted by atomic mass is 9.98. The molecule has 37 heavy (non-hydrogen) atoms. The van der Waals surface area contributed by atoms with E-state index < -0.39 is 0 Å². The number of amidine groups is 1. The van der Waals surface area contributed by atoms with Crippen LogP contribution >= 0.6 is 0 Å². The van der Waals surface area contributed by atoms with Gasteiger partial charge in [0.1, 0.15) is 0 Å². The van der Waals surface area contributed by atoms with Crippen LogP contribution in [0.25, 0.3) is 0 Å². The van der Waals surface area contributed by atoms with Crippen LogP contribution in [0.1, 0.15) is 58.3 Å². The third-order valence-corrected chi connectivity index (χ3v) is 6.68. The summed E-state index contributed by atoms with van der Waals surface area (Å²) in [6, 6.07) is -0.242. The van der Waals surface area contributed by atoms with Crippen molar-refractivity contribution in [2.75, 3.05) is 39.6 Å². The van der Waals surface area contributed by atoms with E-state index in [1.165, 1.54) is 0 Å². The van der Waals surface area contributed by atoms with E-state index in [-0.39, 0.29) is 24.7 Å². The van der Waals surface area contributed by atoms with Crippen molar-refractivity contribution in [2.45, 2.75) is 70.4 Å². The van der Waals surface area contributed by atoms with E-state index in [2.05, 4.69) is 63.5 Å². The van der Waals surface area contributed by atoms with Gasteiger partial charge in [-0.1, -0.05) is 48.5 Å². The number of aliphatic imine (C=N–C) groups is 1. The number of rotatable bonds is 16. The van der Waals surface area contributed by atoms with E-state index in [0.29, 0.717) is 50.2 Å². The third kappa shape index (κ3) is 13.2. The van der Waals surface area contributed by atoms with Gasteiger partial charge in [-0.15, -0.1) is 0 Å². The average molecular weight is 518 g/mol. The van der Waals surface area contributed by atoms with Crippen molar-refractivity contribution in [2.24, 2.45) is 27.7 Å². The lowest BCUT2D eigenvalue weighted by molar-refractivity contribution is -0.122. The number of likely N-dealkylation sites (tertiary alicyclic amines) is 1. The van der Waals surface area contributed by atoms with E-state index in [1.54, 1.807) is 0 Å². The summed E-state index contributed by atoms with van der Waals surface area (Å²) in [5.74, 6) is 1.50. The number of aliphatic hydroxyl groups is 1. The van der Waals surface area contributed by atoms with Crippen molar-refractivity contribution in [3.05, 3.63) is 36.5 Å². The SMILES string of the molecule is C=N/C(CC)=N\OCN1CCC(COC2C=CCC(/C=C/CCCC(=O)NC(CO)CCN)C=C2)CC1. The average Bonchev–Trinajstić information content (AvgIpc) is 3.15. The second kappa shape index (κ2) is 18.8. The lowest BCUT2D eigenvalue weighted by Gasteiger charge is -2.31. The maximum atomic E-state index is 12.0. The Labute approximate surface area is 222 Å². The molecule has 2 rings (SSSR count). The molecule has 9 nitrogen and oxygen atoms in total. The molecule has 1 fully saturated rings. The second-order valence-corrected chi connectivity index (χ2v) is 9.69. The fraction of sp³-hybridized carbons (Fsp3) is 0.679. The van der Waals surface area contributed by atoms with E-state index in [4.69, 9.17) is 15.3 Å². The van der Waals surface area contributed by atoms with Crippen molar-refractivity contribution in [3.8, 4) is 0 Å². The highest BCUT2D eigenvalue weighted by atomic mass is 16.6. The quantitative estimate of drug-likeness (QED) is 0.0951. The molecule has 1 amide bonds. The molecule has 1 saturated heterocycles. The predicted octanol–water partition coefficient (Wildman–Crippen LogP) is 3.17. The first-order chi connectivity index (χ1) is 18.1. The first kappa shape index (κ1) is 30.9. The van der Waals surface area contributed by atoms with Gasteiger partial charge in [0, 0.05) is 25.9 Å². The molecule has 0 aromatic carbocycles. The number of amides is 1. The van der Waals surface area contributed by atoms with Gasteiger partial charge in [0.05, 0.1) is 25.4 Å². The van der Waals surface area contributed by atoms with Crippen LogP contribution in [-0.4, -0.2) is 80.2 Å². The zero-order chi connectivity index (χ0) is 26.7. The van der Waals surface area contributed by atoms with Gasteiger partial charge in [0.2, 0.25) is 5.91 Å². The molecule has 0 radical (unpaired) electrons. The molecule has 1 heterocycles. The molecule has 0 saturated carbocycles. The molecule has 4 N–H and O–H groups in total. The van der Waals surface area contributed by atoms with Gasteiger partial charge in [-0.2, -0.15) is 0 Å². The number of allylic oxidation sites excluding steroid dienone is 4. The van der Waals surface area contributed by atoms with Crippen LogP contribution in [0.2, 0.25) is 0 Å². The van der Waals surface area contributed by atoms with Gasteiger partial charge in [-0.3, -0.25) is 9.69 Å². The Morgan fingerprint density at radius 1 is 1.32 bits per heavy atom. The molecule has 0 bridgehead atoms. The molecule has 2 aliphatic rings. The van der Waals surface area contributed by atoms with Crippen molar-refractivity contribution in [1.29, 1.82) is 0 Å². The molecule has 1 aliphatic heterocycles. The predicted molar refractivity (Wildman–Crippen MR) is 149 cm³/mol. The minimum atomic E-state index is -0.242. The zero-order valence-electron chi connectivity index (χ0n) is 22.5. The van der Waals surface area contributed by atoms with Gasteiger partial charge in [-0.05, 0) is 63.6 Å². The summed E-state index contributed by atoms with van der Waals surface area (Å²) in [5.41, 5.74) is 5.49. The Hall–Kier alpha value is -2.33. The van der Waals surface area contributed by atoms with Crippen LogP contribution in [0.15, 0.2) is 46.6 Å². The van der Waals surface area contributed by atoms with Crippen molar-refractivity contribution in [3.63, 3.8) is 0 Å². The number of piperidine rings is 1. The molecule has 0 aromatic heterocycles. The summed E-state index contributed by atoms with van der Waals surface area (Å²) in [7, 11) is 0. The minimum Gasteiger partial charge on any atom is -0.394 e. The normalized spacial score (nSPS) is 22.2. The molecular weight excluding hydrogens is 470 g/mol. The maximum Gasteiger partial charge on any atom is 0.220 e. The van der Waals surface area contributed by atoms with E-state index in [9.17, 15) is 9.90 Å². The molecule has 3 atom stereocenters. The van der Waals surface area contributed by atoms with E-state index in [0.717, 1.165) is 51.8 Å². The minimum absolute atomic E-state index is 0.0182. The topological polar surface area (TPSA) is 122 Å². The number of unbranched alkanes of at least 4 members (excludes halogenated alkanes) is 1. The molecule has 0 aromatic rings. The summed E-state index contributed by atoms with van der Waals surface area (Å²) in [4.78, 5) is 23.5. The molecular formula is C28H47N5O4. The van der Waals surface area contributed by atoms with Crippen molar-refractivity contribution in [1.82, 2.24) is 10.2 Å². The van der Waals surface area contributed by atoms with Gasteiger partial charge >= 0.3 is 0 Å². The number of nitrogens with one attached hydrogen (secondary N) is 1. The van der Waals surface area contributed by atoms with Crippen molar-refractivity contribution < 1.29 is 19.5 Å². The lowest BCUT2D eigenvalue weighted by Crippen LogP contribution is -2.38.